The zero-order chi connectivity index (χ0) is 12.7. The Labute approximate surface area is 106 Å². The van der Waals surface area contributed by atoms with Crippen LogP contribution in [0.15, 0.2) is 0 Å². The molecule has 3 nitrogen and oxygen atoms in total. The maximum absolute atomic E-state index is 11.7. The van der Waals surface area contributed by atoms with E-state index in [2.05, 4.69) is 19.2 Å². The standard InChI is InChI=1S/C14H28N2O/c1-3-6-13(15)9-14(17)16-10-12-8-5-4-7-11(12)2/h11-13H,3-10,15H2,1-2H3,(H,16,17). The minimum atomic E-state index is 0.0313. The summed E-state index contributed by atoms with van der Waals surface area (Å²) >= 11 is 0. The molecule has 3 N–H and O–H groups in total. The lowest BCUT2D eigenvalue weighted by Crippen LogP contribution is -2.36. The lowest BCUT2D eigenvalue weighted by Gasteiger charge is -2.28. The zero-order valence-electron chi connectivity index (χ0n) is 11.4. The maximum Gasteiger partial charge on any atom is 0.221 e. The van der Waals surface area contributed by atoms with Crippen LogP contribution in [0.25, 0.3) is 0 Å². The van der Waals surface area contributed by atoms with E-state index in [-0.39, 0.29) is 11.9 Å². The fraction of sp³-hybridized carbons (Fsp3) is 0.929. The molecule has 0 aromatic carbocycles. The van der Waals surface area contributed by atoms with E-state index < -0.39 is 0 Å². The van der Waals surface area contributed by atoms with Crippen molar-refractivity contribution >= 4 is 5.91 Å². The molecule has 0 aliphatic heterocycles. The molecule has 3 unspecified atom stereocenters. The number of carbonyl (C=O) groups is 1. The Bertz CT molecular complexity index is 230. The van der Waals surface area contributed by atoms with Gasteiger partial charge < -0.3 is 11.1 Å². The molecule has 1 amide bonds. The van der Waals surface area contributed by atoms with E-state index in [1.165, 1.54) is 25.7 Å². The van der Waals surface area contributed by atoms with Crippen LogP contribution in [0.2, 0.25) is 0 Å². The fourth-order valence-electron chi connectivity index (χ4n) is 2.72. The monoisotopic (exact) mass is 240 g/mol. The molecule has 3 atom stereocenters. The van der Waals surface area contributed by atoms with Gasteiger partial charge in [0.05, 0.1) is 0 Å². The van der Waals surface area contributed by atoms with E-state index in [0.29, 0.717) is 12.3 Å². The van der Waals surface area contributed by atoms with Gasteiger partial charge in [0.25, 0.3) is 0 Å². The van der Waals surface area contributed by atoms with Gasteiger partial charge in [-0.2, -0.15) is 0 Å². The second-order valence-electron chi connectivity index (χ2n) is 5.58. The second-order valence-corrected chi connectivity index (χ2v) is 5.58. The van der Waals surface area contributed by atoms with E-state index in [0.717, 1.165) is 25.3 Å². The highest BCUT2D eigenvalue weighted by Gasteiger charge is 2.21. The molecule has 1 saturated carbocycles. The molecule has 1 fully saturated rings. The van der Waals surface area contributed by atoms with Crippen molar-refractivity contribution in [1.82, 2.24) is 5.32 Å². The lowest BCUT2D eigenvalue weighted by molar-refractivity contribution is -0.121. The first-order valence-corrected chi connectivity index (χ1v) is 7.15. The van der Waals surface area contributed by atoms with Gasteiger partial charge in [-0.3, -0.25) is 4.79 Å². The smallest absolute Gasteiger partial charge is 0.221 e. The van der Waals surface area contributed by atoms with Gasteiger partial charge in [0.1, 0.15) is 0 Å². The van der Waals surface area contributed by atoms with Crippen molar-refractivity contribution in [3.63, 3.8) is 0 Å². The van der Waals surface area contributed by atoms with Crippen molar-refractivity contribution in [3.05, 3.63) is 0 Å². The maximum atomic E-state index is 11.7. The van der Waals surface area contributed by atoms with E-state index in [9.17, 15) is 4.79 Å². The molecular formula is C14H28N2O. The van der Waals surface area contributed by atoms with Gasteiger partial charge in [0.2, 0.25) is 5.91 Å². The Kier molecular flexibility index (Phi) is 6.56. The summed E-state index contributed by atoms with van der Waals surface area (Å²) in [7, 11) is 0. The molecule has 0 aromatic rings. The van der Waals surface area contributed by atoms with E-state index >= 15 is 0 Å². The predicted octanol–water partition coefficient (Wildman–Crippen LogP) is 2.45. The number of carbonyl (C=O) groups excluding carboxylic acids is 1. The molecule has 0 bridgehead atoms. The lowest BCUT2D eigenvalue weighted by atomic mass is 9.80. The number of hydrogen-bond acceptors (Lipinski definition) is 2. The number of nitrogens with two attached hydrogens (primary N) is 1. The van der Waals surface area contributed by atoms with Crippen LogP contribution >= 0.6 is 0 Å². The average molecular weight is 240 g/mol. The Morgan fingerprint density at radius 1 is 1.41 bits per heavy atom. The molecule has 17 heavy (non-hydrogen) atoms. The summed E-state index contributed by atoms with van der Waals surface area (Å²) in [5.41, 5.74) is 5.86. The third-order valence-corrected chi connectivity index (χ3v) is 3.96. The van der Waals surface area contributed by atoms with Crippen molar-refractivity contribution < 1.29 is 4.79 Å². The van der Waals surface area contributed by atoms with Crippen molar-refractivity contribution in [3.8, 4) is 0 Å². The zero-order valence-corrected chi connectivity index (χ0v) is 11.4. The molecule has 0 aromatic heterocycles. The summed E-state index contributed by atoms with van der Waals surface area (Å²) in [5.74, 6) is 1.56. The summed E-state index contributed by atoms with van der Waals surface area (Å²) < 4.78 is 0. The van der Waals surface area contributed by atoms with Crippen LogP contribution in [0.5, 0.6) is 0 Å². The highest BCUT2D eigenvalue weighted by Crippen LogP contribution is 2.28. The Morgan fingerprint density at radius 3 is 2.76 bits per heavy atom. The minimum Gasteiger partial charge on any atom is -0.356 e. The normalized spacial score (nSPS) is 26.5. The summed E-state index contributed by atoms with van der Waals surface area (Å²) in [6, 6.07) is 0.0313. The van der Waals surface area contributed by atoms with Crippen LogP contribution in [0.3, 0.4) is 0 Å². The molecule has 1 aliphatic carbocycles. The number of rotatable bonds is 6. The Hall–Kier alpha value is -0.570. The first-order valence-electron chi connectivity index (χ1n) is 7.15. The first kappa shape index (κ1) is 14.5. The molecule has 100 valence electrons. The number of nitrogens with one attached hydrogen (secondary N) is 1. The average Bonchev–Trinajstić information content (AvgIpc) is 2.28. The third-order valence-electron chi connectivity index (χ3n) is 3.96. The van der Waals surface area contributed by atoms with Crippen LogP contribution in [0, 0.1) is 11.8 Å². The number of amides is 1. The highest BCUT2D eigenvalue weighted by atomic mass is 16.1. The largest absolute Gasteiger partial charge is 0.356 e. The molecule has 0 spiro atoms. The highest BCUT2D eigenvalue weighted by molar-refractivity contribution is 5.76. The number of hydrogen-bond donors (Lipinski definition) is 2. The molecule has 1 rings (SSSR count). The van der Waals surface area contributed by atoms with Gasteiger partial charge in [0, 0.05) is 19.0 Å². The van der Waals surface area contributed by atoms with E-state index in [1.54, 1.807) is 0 Å². The summed E-state index contributed by atoms with van der Waals surface area (Å²) in [5, 5.41) is 3.05. The van der Waals surface area contributed by atoms with Gasteiger partial charge >= 0.3 is 0 Å². The van der Waals surface area contributed by atoms with Crippen LogP contribution in [-0.2, 0) is 4.79 Å². The predicted molar refractivity (Wildman–Crippen MR) is 71.6 cm³/mol. The fourth-order valence-corrected chi connectivity index (χ4v) is 2.72. The van der Waals surface area contributed by atoms with Gasteiger partial charge in [-0.25, -0.2) is 0 Å². The van der Waals surface area contributed by atoms with E-state index in [4.69, 9.17) is 5.73 Å². The Balaban J connectivity index is 2.18. The topological polar surface area (TPSA) is 55.1 Å². The molecular weight excluding hydrogens is 212 g/mol. The first-order chi connectivity index (χ1) is 8.13. The van der Waals surface area contributed by atoms with Crippen molar-refractivity contribution in [2.75, 3.05) is 6.54 Å². The van der Waals surface area contributed by atoms with Gasteiger partial charge in [-0.05, 0) is 24.7 Å². The molecule has 1 aliphatic rings. The Morgan fingerprint density at radius 2 is 2.12 bits per heavy atom. The third kappa shape index (κ3) is 5.53. The molecule has 0 radical (unpaired) electrons. The van der Waals surface area contributed by atoms with Crippen molar-refractivity contribution in [2.24, 2.45) is 17.6 Å². The quantitative estimate of drug-likeness (QED) is 0.749. The summed E-state index contributed by atoms with van der Waals surface area (Å²) in [6.07, 6.45) is 7.72. The second kappa shape index (κ2) is 7.70. The SMILES string of the molecule is CCCC(N)CC(=O)NCC1CCCCC1C. The molecule has 0 heterocycles. The van der Waals surface area contributed by atoms with Crippen molar-refractivity contribution in [2.45, 2.75) is 64.8 Å². The van der Waals surface area contributed by atoms with Crippen molar-refractivity contribution in [1.29, 1.82) is 0 Å². The molecule has 3 heteroatoms. The van der Waals surface area contributed by atoms with Crippen LogP contribution in [0.4, 0.5) is 0 Å². The summed E-state index contributed by atoms with van der Waals surface area (Å²) in [6.45, 7) is 5.25. The van der Waals surface area contributed by atoms with Crippen LogP contribution < -0.4 is 11.1 Å². The van der Waals surface area contributed by atoms with Gasteiger partial charge in [0.15, 0.2) is 0 Å². The van der Waals surface area contributed by atoms with E-state index in [1.807, 2.05) is 0 Å². The van der Waals surface area contributed by atoms with Crippen LogP contribution in [-0.4, -0.2) is 18.5 Å². The van der Waals surface area contributed by atoms with Gasteiger partial charge in [-0.15, -0.1) is 0 Å². The minimum absolute atomic E-state index is 0.0313. The van der Waals surface area contributed by atoms with Gasteiger partial charge in [-0.1, -0.05) is 39.5 Å². The molecule has 0 saturated heterocycles. The summed E-state index contributed by atoms with van der Waals surface area (Å²) in [4.78, 5) is 11.7. The van der Waals surface area contributed by atoms with Crippen LogP contribution in [0.1, 0.15) is 58.8 Å².